The summed E-state index contributed by atoms with van der Waals surface area (Å²) < 4.78 is 43.3. The molecule has 0 aromatic heterocycles. The molecule has 0 atom stereocenters. The Morgan fingerprint density at radius 1 is 1.22 bits per heavy atom. The second-order valence-electron chi connectivity index (χ2n) is 4.88. The number of ether oxygens (including phenoxy) is 1. The van der Waals surface area contributed by atoms with Crippen molar-refractivity contribution in [1.82, 2.24) is 0 Å². The van der Waals surface area contributed by atoms with Crippen molar-refractivity contribution in [3.8, 4) is 0 Å². The molecule has 1 aromatic rings. The van der Waals surface area contributed by atoms with Gasteiger partial charge in [0.25, 0.3) is 0 Å². The van der Waals surface area contributed by atoms with Crippen LogP contribution < -0.4 is 5.73 Å². The number of benzene rings is 1. The summed E-state index contributed by atoms with van der Waals surface area (Å²) in [5.41, 5.74) is 3.98. The number of carbonyl (C=O) groups is 1. The third kappa shape index (κ3) is 9.75. The SMILES string of the molecule is C=CN=C(/C=C\C)c1ccc(C(F)(F)F)cc1C(=O)OCC.CCC.CN. The molecule has 0 fully saturated rings. The van der Waals surface area contributed by atoms with Crippen LogP contribution in [0, 0.1) is 0 Å². The fourth-order valence-electron chi connectivity index (χ4n) is 1.78. The molecular formula is C20H29F3N2O2. The van der Waals surface area contributed by atoms with Crippen LogP contribution in [0.15, 0.2) is 48.1 Å². The van der Waals surface area contributed by atoms with Crippen LogP contribution in [0.2, 0.25) is 0 Å². The molecule has 0 saturated heterocycles. The number of nitrogens with two attached hydrogens (primary N) is 1. The van der Waals surface area contributed by atoms with Crippen molar-refractivity contribution >= 4 is 11.7 Å². The zero-order chi connectivity index (χ0) is 21.5. The fraction of sp³-hybridized carbons (Fsp3) is 0.400. The Bertz CT molecular complexity index is 637. The second-order valence-corrected chi connectivity index (χ2v) is 4.88. The number of rotatable bonds is 5. The van der Waals surface area contributed by atoms with Gasteiger partial charge in [-0.3, -0.25) is 4.99 Å². The Hall–Kier alpha value is -2.41. The monoisotopic (exact) mass is 386 g/mol. The van der Waals surface area contributed by atoms with E-state index >= 15 is 0 Å². The van der Waals surface area contributed by atoms with E-state index in [0.29, 0.717) is 5.71 Å². The van der Waals surface area contributed by atoms with Gasteiger partial charge in [0.05, 0.1) is 23.4 Å². The van der Waals surface area contributed by atoms with E-state index in [1.807, 2.05) is 0 Å². The molecule has 0 unspecified atom stereocenters. The van der Waals surface area contributed by atoms with Crippen LogP contribution in [-0.4, -0.2) is 25.3 Å². The number of halogens is 3. The van der Waals surface area contributed by atoms with E-state index in [-0.39, 0.29) is 17.7 Å². The normalized spacial score (nSPS) is 11.1. The summed E-state index contributed by atoms with van der Waals surface area (Å²) in [6.45, 7) is 11.1. The van der Waals surface area contributed by atoms with Crippen molar-refractivity contribution in [2.75, 3.05) is 13.7 Å². The zero-order valence-corrected chi connectivity index (χ0v) is 16.6. The molecule has 0 aliphatic rings. The lowest BCUT2D eigenvalue weighted by Crippen LogP contribution is -2.14. The van der Waals surface area contributed by atoms with Crippen molar-refractivity contribution in [3.63, 3.8) is 0 Å². The number of allylic oxidation sites excluding steroid dienone is 2. The number of alkyl halides is 3. The van der Waals surface area contributed by atoms with Gasteiger partial charge in [0.15, 0.2) is 0 Å². The molecular weight excluding hydrogens is 357 g/mol. The van der Waals surface area contributed by atoms with E-state index in [4.69, 9.17) is 4.74 Å². The van der Waals surface area contributed by atoms with Gasteiger partial charge >= 0.3 is 12.1 Å². The minimum atomic E-state index is -4.55. The van der Waals surface area contributed by atoms with Crippen molar-refractivity contribution in [1.29, 1.82) is 0 Å². The maximum atomic E-state index is 12.8. The molecule has 1 rings (SSSR count). The zero-order valence-electron chi connectivity index (χ0n) is 16.6. The first-order valence-corrected chi connectivity index (χ1v) is 8.54. The maximum Gasteiger partial charge on any atom is 0.416 e. The second kappa shape index (κ2) is 14.7. The molecule has 0 bridgehead atoms. The summed E-state index contributed by atoms with van der Waals surface area (Å²) in [7, 11) is 1.50. The first-order valence-electron chi connectivity index (χ1n) is 8.54. The van der Waals surface area contributed by atoms with Gasteiger partial charge in [0.1, 0.15) is 0 Å². The van der Waals surface area contributed by atoms with E-state index < -0.39 is 17.7 Å². The number of aliphatic imine (C=N–C) groups is 1. The summed E-state index contributed by atoms with van der Waals surface area (Å²) >= 11 is 0. The lowest BCUT2D eigenvalue weighted by atomic mass is 9.99. The molecule has 27 heavy (non-hydrogen) atoms. The topological polar surface area (TPSA) is 64.7 Å². The largest absolute Gasteiger partial charge is 0.462 e. The van der Waals surface area contributed by atoms with Crippen LogP contribution in [0.5, 0.6) is 0 Å². The highest BCUT2D eigenvalue weighted by Crippen LogP contribution is 2.31. The number of hydrogen-bond acceptors (Lipinski definition) is 4. The van der Waals surface area contributed by atoms with E-state index in [2.05, 4.69) is 31.2 Å². The Morgan fingerprint density at radius 2 is 1.78 bits per heavy atom. The molecule has 0 saturated carbocycles. The van der Waals surface area contributed by atoms with Crippen LogP contribution in [0.3, 0.4) is 0 Å². The summed E-state index contributed by atoms with van der Waals surface area (Å²) in [4.78, 5) is 15.9. The molecule has 1 aromatic carbocycles. The van der Waals surface area contributed by atoms with Gasteiger partial charge in [-0.2, -0.15) is 13.2 Å². The molecule has 4 nitrogen and oxygen atoms in total. The number of carbonyl (C=O) groups excluding carboxylic acids is 1. The molecule has 2 N–H and O–H groups in total. The van der Waals surface area contributed by atoms with Gasteiger partial charge in [-0.1, -0.05) is 39.0 Å². The molecule has 152 valence electrons. The highest BCUT2D eigenvalue weighted by molar-refractivity contribution is 6.14. The van der Waals surface area contributed by atoms with E-state index in [1.54, 1.807) is 26.0 Å². The molecule has 0 radical (unpaired) electrons. The average molecular weight is 386 g/mol. The molecule has 0 spiro atoms. The minimum Gasteiger partial charge on any atom is -0.462 e. The Kier molecular flexibility index (Phi) is 14.6. The van der Waals surface area contributed by atoms with Crippen molar-refractivity contribution in [2.45, 2.75) is 40.3 Å². The van der Waals surface area contributed by atoms with Gasteiger partial charge in [-0.15, -0.1) is 0 Å². The third-order valence-corrected chi connectivity index (χ3v) is 2.67. The predicted molar refractivity (Wildman–Crippen MR) is 105 cm³/mol. The molecule has 0 amide bonds. The van der Waals surface area contributed by atoms with E-state index in [1.165, 1.54) is 25.7 Å². The quantitative estimate of drug-likeness (QED) is 0.546. The molecule has 0 aliphatic carbocycles. The highest BCUT2D eigenvalue weighted by atomic mass is 19.4. The van der Waals surface area contributed by atoms with Crippen LogP contribution in [0.25, 0.3) is 0 Å². The molecule has 0 heterocycles. The minimum absolute atomic E-state index is 0.0616. The Balaban J connectivity index is 0. The van der Waals surface area contributed by atoms with Gasteiger partial charge in [-0.25, -0.2) is 4.79 Å². The standard InChI is InChI=1S/C16H16F3NO2.C3H8.CH5N/c1-4-7-14(20-5-2)12-9-8-11(16(17,18)19)10-13(12)15(21)22-6-3;1-3-2;1-2/h4-5,7-10H,2,6H2,1,3H3;3H2,1-2H3;2H2,1H3/b7-4-,20-14?;;. The van der Waals surface area contributed by atoms with Crippen molar-refractivity contribution in [2.24, 2.45) is 10.7 Å². The maximum absolute atomic E-state index is 12.8. The average Bonchev–Trinajstić information content (AvgIpc) is 2.63. The van der Waals surface area contributed by atoms with Crippen LogP contribution in [0.4, 0.5) is 13.2 Å². The van der Waals surface area contributed by atoms with Gasteiger partial charge in [0, 0.05) is 11.8 Å². The summed E-state index contributed by atoms with van der Waals surface area (Å²) in [6, 6.07) is 2.88. The smallest absolute Gasteiger partial charge is 0.416 e. The van der Waals surface area contributed by atoms with Gasteiger partial charge in [-0.05, 0) is 39.1 Å². The van der Waals surface area contributed by atoms with Gasteiger partial charge in [0.2, 0.25) is 0 Å². The fourth-order valence-corrected chi connectivity index (χ4v) is 1.78. The number of hydrogen-bond donors (Lipinski definition) is 1. The Labute approximate surface area is 159 Å². The van der Waals surface area contributed by atoms with E-state index in [9.17, 15) is 18.0 Å². The molecule has 0 aliphatic heterocycles. The lowest BCUT2D eigenvalue weighted by Gasteiger charge is -2.13. The van der Waals surface area contributed by atoms with Crippen molar-refractivity contribution in [3.05, 3.63) is 59.8 Å². The van der Waals surface area contributed by atoms with Crippen LogP contribution in [0.1, 0.15) is 55.6 Å². The van der Waals surface area contributed by atoms with Crippen LogP contribution >= 0.6 is 0 Å². The van der Waals surface area contributed by atoms with Crippen molar-refractivity contribution < 1.29 is 22.7 Å². The van der Waals surface area contributed by atoms with Crippen LogP contribution in [-0.2, 0) is 10.9 Å². The number of nitrogens with zero attached hydrogens (tertiary/aromatic N) is 1. The number of esters is 1. The van der Waals surface area contributed by atoms with E-state index in [0.717, 1.165) is 12.1 Å². The summed E-state index contributed by atoms with van der Waals surface area (Å²) in [6.07, 6.45) is 1.19. The first-order chi connectivity index (χ1) is 12.8. The first kappa shape index (κ1) is 26.8. The Morgan fingerprint density at radius 3 is 2.19 bits per heavy atom. The third-order valence-electron chi connectivity index (χ3n) is 2.67. The predicted octanol–water partition coefficient (Wildman–Crippen LogP) is 5.38. The summed E-state index contributed by atoms with van der Waals surface area (Å²) in [5, 5.41) is 0. The molecule has 7 heteroatoms. The summed E-state index contributed by atoms with van der Waals surface area (Å²) in [5.74, 6) is -0.829. The lowest BCUT2D eigenvalue weighted by molar-refractivity contribution is -0.137. The van der Waals surface area contributed by atoms with Gasteiger partial charge < -0.3 is 10.5 Å². The highest BCUT2D eigenvalue weighted by Gasteiger charge is 2.32.